The molecule has 0 aliphatic carbocycles. The number of nitrogens with one attached hydrogen (secondary N) is 1. The van der Waals surface area contributed by atoms with Gasteiger partial charge in [-0.05, 0) is 50.6 Å². The number of benzene rings is 2. The van der Waals surface area contributed by atoms with E-state index < -0.39 is 0 Å². The summed E-state index contributed by atoms with van der Waals surface area (Å²) < 4.78 is 0.990. The largest absolute Gasteiger partial charge is 0.375 e. The van der Waals surface area contributed by atoms with Crippen molar-refractivity contribution in [3.63, 3.8) is 0 Å². The van der Waals surface area contributed by atoms with Crippen molar-refractivity contribution in [2.24, 2.45) is 4.99 Å². The molecule has 0 unspecified atom stereocenters. The highest BCUT2D eigenvalue weighted by atomic mass is 35.5. The lowest BCUT2D eigenvalue weighted by Gasteiger charge is -2.33. The first kappa shape index (κ1) is 17.1. The van der Waals surface area contributed by atoms with Crippen LogP contribution in [0.1, 0.15) is 24.3 Å². The third-order valence-corrected chi connectivity index (χ3v) is 7.41. The Kier molecular flexibility index (Phi) is 4.19. The van der Waals surface area contributed by atoms with Crippen molar-refractivity contribution in [3.05, 3.63) is 61.6 Å². The molecule has 1 aliphatic rings. The minimum absolute atomic E-state index is 0.130. The molecule has 25 heavy (non-hydrogen) atoms. The SMILES string of the molecule is Cc1ccc2c(c1)NC(C)(C)c1ssc(=Nc3ccc(Cl)cc3Cl)c1-2. The third-order valence-electron chi connectivity index (χ3n) is 4.24. The monoisotopic (exact) mass is 406 g/mol. The van der Waals surface area contributed by atoms with Crippen molar-refractivity contribution < 1.29 is 0 Å². The molecule has 2 aromatic carbocycles. The van der Waals surface area contributed by atoms with Crippen molar-refractivity contribution in [2.45, 2.75) is 26.3 Å². The molecule has 1 aliphatic heterocycles. The summed E-state index contributed by atoms with van der Waals surface area (Å²) in [6.07, 6.45) is 0. The molecule has 0 fully saturated rings. The molecule has 2 nitrogen and oxygen atoms in total. The lowest BCUT2D eigenvalue weighted by molar-refractivity contribution is 0.619. The highest BCUT2D eigenvalue weighted by Crippen LogP contribution is 2.45. The lowest BCUT2D eigenvalue weighted by Crippen LogP contribution is -2.31. The topological polar surface area (TPSA) is 24.4 Å². The van der Waals surface area contributed by atoms with Crippen LogP contribution in [0.3, 0.4) is 0 Å². The van der Waals surface area contributed by atoms with Gasteiger partial charge in [-0.15, -0.1) is 0 Å². The average Bonchev–Trinajstić information content (AvgIpc) is 2.94. The molecule has 0 atom stereocenters. The van der Waals surface area contributed by atoms with Crippen molar-refractivity contribution in [1.82, 2.24) is 0 Å². The molecule has 6 heteroatoms. The van der Waals surface area contributed by atoms with Crippen LogP contribution < -0.4 is 9.99 Å². The average molecular weight is 407 g/mol. The molecule has 0 radical (unpaired) electrons. The highest BCUT2D eigenvalue weighted by Gasteiger charge is 2.33. The number of anilines is 1. The van der Waals surface area contributed by atoms with E-state index in [2.05, 4.69) is 44.3 Å². The molecular formula is C19H16Cl2N2S2. The summed E-state index contributed by atoms with van der Waals surface area (Å²) in [6.45, 7) is 6.53. The van der Waals surface area contributed by atoms with Crippen LogP contribution in [-0.4, -0.2) is 0 Å². The van der Waals surface area contributed by atoms with Gasteiger partial charge in [0.2, 0.25) is 0 Å². The van der Waals surface area contributed by atoms with Gasteiger partial charge in [0, 0.05) is 21.8 Å². The first-order chi connectivity index (χ1) is 11.8. The van der Waals surface area contributed by atoms with E-state index in [4.69, 9.17) is 28.2 Å². The van der Waals surface area contributed by atoms with Gasteiger partial charge in [0.25, 0.3) is 0 Å². The summed E-state index contributed by atoms with van der Waals surface area (Å²) >= 11 is 12.3. The first-order valence-electron chi connectivity index (χ1n) is 7.88. The van der Waals surface area contributed by atoms with Gasteiger partial charge in [-0.25, -0.2) is 4.99 Å². The number of rotatable bonds is 1. The van der Waals surface area contributed by atoms with Crippen LogP contribution in [-0.2, 0) is 5.54 Å². The van der Waals surface area contributed by atoms with Crippen molar-refractivity contribution >= 4 is 55.3 Å². The predicted molar refractivity (Wildman–Crippen MR) is 111 cm³/mol. The molecule has 1 N–H and O–H groups in total. The van der Waals surface area contributed by atoms with Crippen LogP contribution in [0.15, 0.2) is 41.4 Å². The molecule has 0 amide bonds. The Morgan fingerprint density at radius 3 is 2.60 bits per heavy atom. The Labute approximate surface area is 164 Å². The lowest BCUT2D eigenvalue weighted by atomic mass is 9.89. The van der Waals surface area contributed by atoms with Crippen LogP contribution in [0, 0.1) is 6.92 Å². The number of fused-ring (bicyclic) bond motifs is 3. The number of hydrogen-bond donors (Lipinski definition) is 1. The zero-order valence-electron chi connectivity index (χ0n) is 14.0. The van der Waals surface area contributed by atoms with Crippen LogP contribution >= 0.6 is 43.9 Å². The van der Waals surface area contributed by atoms with E-state index >= 15 is 0 Å². The predicted octanol–water partition coefficient (Wildman–Crippen LogP) is 6.98. The van der Waals surface area contributed by atoms with Gasteiger partial charge < -0.3 is 5.32 Å². The summed E-state index contributed by atoms with van der Waals surface area (Å²) in [5, 5.41) is 4.84. The van der Waals surface area contributed by atoms with E-state index in [9.17, 15) is 0 Å². The van der Waals surface area contributed by atoms with Crippen LogP contribution in [0.4, 0.5) is 11.4 Å². The Morgan fingerprint density at radius 1 is 1.04 bits per heavy atom. The van der Waals surface area contributed by atoms with Crippen LogP contribution in [0.2, 0.25) is 10.0 Å². The summed E-state index contributed by atoms with van der Waals surface area (Å²) in [6, 6.07) is 11.9. The Bertz CT molecular complexity index is 1050. The fourth-order valence-corrected chi connectivity index (χ4v) is 6.43. The van der Waals surface area contributed by atoms with Gasteiger partial charge in [-0.1, -0.05) is 56.0 Å². The molecule has 2 heterocycles. The second-order valence-corrected chi connectivity index (χ2v) is 9.65. The second kappa shape index (κ2) is 6.13. The Morgan fingerprint density at radius 2 is 1.84 bits per heavy atom. The number of hydrogen-bond acceptors (Lipinski definition) is 4. The van der Waals surface area contributed by atoms with Gasteiger partial charge in [-0.3, -0.25) is 0 Å². The fourth-order valence-electron chi connectivity index (χ4n) is 3.04. The Balaban J connectivity index is 1.98. The summed E-state index contributed by atoms with van der Waals surface area (Å²) in [5.41, 5.74) is 5.41. The highest BCUT2D eigenvalue weighted by molar-refractivity contribution is 7.68. The second-order valence-electron chi connectivity index (χ2n) is 6.68. The van der Waals surface area contributed by atoms with E-state index in [1.54, 1.807) is 26.7 Å². The molecule has 0 saturated carbocycles. The van der Waals surface area contributed by atoms with Gasteiger partial charge in [0.1, 0.15) is 4.67 Å². The molecule has 0 spiro atoms. The van der Waals surface area contributed by atoms with E-state index in [0.29, 0.717) is 10.0 Å². The van der Waals surface area contributed by atoms with Gasteiger partial charge in [0.05, 0.1) is 21.1 Å². The number of halogens is 2. The first-order valence-corrected chi connectivity index (χ1v) is 10.8. The van der Waals surface area contributed by atoms with Crippen molar-refractivity contribution in [2.75, 3.05) is 5.32 Å². The standard InChI is InChI=1S/C19H16Cl2N2S2/c1-10-4-6-12-15(8-10)23-19(2,3)17-16(12)18(25-24-17)22-14-7-5-11(20)9-13(14)21/h4-9,23H,1-3H3. The maximum atomic E-state index is 6.32. The van der Waals surface area contributed by atoms with Gasteiger partial charge in [0.15, 0.2) is 0 Å². The minimum atomic E-state index is -0.130. The zero-order chi connectivity index (χ0) is 17.8. The fraction of sp³-hybridized carbons (Fsp3) is 0.211. The van der Waals surface area contributed by atoms with Crippen LogP contribution in [0.5, 0.6) is 0 Å². The summed E-state index contributed by atoms with van der Waals surface area (Å²) in [7, 11) is 3.46. The smallest absolute Gasteiger partial charge is 0.135 e. The number of nitrogens with zero attached hydrogens (tertiary/aromatic N) is 1. The maximum Gasteiger partial charge on any atom is 0.135 e. The minimum Gasteiger partial charge on any atom is -0.375 e. The molecular weight excluding hydrogens is 391 g/mol. The molecule has 0 saturated heterocycles. The normalized spacial score (nSPS) is 15.5. The zero-order valence-corrected chi connectivity index (χ0v) is 17.1. The molecule has 0 bridgehead atoms. The molecule has 1 aromatic heterocycles. The summed E-state index contributed by atoms with van der Waals surface area (Å²) in [5.74, 6) is 0. The van der Waals surface area contributed by atoms with E-state index in [1.807, 2.05) is 12.1 Å². The quantitative estimate of drug-likeness (QED) is 0.432. The van der Waals surface area contributed by atoms with E-state index in [0.717, 1.165) is 16.0 Å². The van der Waals surface area contributed by atoms with Gasteiger partial charge >= 0.3 is 0 Å². The van der Waals surface area contributed by atoms with Crippen LogP contribution in [0.25, 0.3) is 11.1 Å². The molecule has 4 rings (SSSR count). The maximum absolute atomic E-state index is 6.32. The van der Waals surface area contributed by atoms with E-state index in [1.165, 1.54) is 21.6 Å². The van der Waals surface area contributed by atoms with Crippen molar-refractivity contribution in [1.29, 1.82) is 0 Å². The number of aryl methyl sites for hydroxylation is 1. The summed E-state index contributed by atoms with van der Waals surface area (Å²) in [4.78, 5) is 6.16. The third kappa shape index (κ3) is 3.02. The molecule has 128 valence electrons. The van der Waals surface area contributed by atoms with E-state index in [-0.39, 0.29) is 5.54 Å². The molecule has 3 aromatic rings. The van der Waals surface area contributed by atoms with Gasteiger partial charge in [-0.2, -0.15) is 0 Å². The Hall–Kier alpha value is -1.33. The van der Waals surface area contributed by atoms with Crippen molar-refractivity contribution in [3.8, 4) is 11.1 Å².